The highest BCUT2D eigenvalue weighted by molar-refractivity contribution is 5.57. The van der Waals surface area contributed by atoms with E-state index in [9.17, 15) is 4.39 Å². The predicted octanol–water partition coefficient (Wildman–Crippen LogP) is 2.38. The van der Waals surface area contributed by atoms with Crippen LogP contribution in [0.1, 0.15) is 19.4 Å². The molecule has 1 atom stereocenters. The third-order valence-corrected chi connectivity index (χ3v) is 4.23. The first-order chi connectivity index (χ1) is 10.6. The normalized spacial score (nSPS) is 17.9. The van der Waals surface area contributed by atoms with Crippen molar-refractivity contribution in [3.8, 4) is 6.07 Å². The number of benzene rings is 1. The molecule has 2 rings (SSSR count). The molecule has 0 aliphatic carbocycles. The zero-order valence-electron chi connectivity index (χ0n) is 13.5. The van der Waals surface area contributed by atoms with Crippen LogP contribution in [0.4, 0.5) is 10.1 Å². The van der Waals surface area contributed by atoms with Crippen molar-refractivity contribution in [2.45, 2.75) is 13.8 Å². The van der Waals surface area contributed by atoms with Crippen LogP contribution in [0.5, 0.6) is 0 Å². The first-order valence-electron chi connectivity index (χ1n) is 8.00. The van der Waals surface area contributed by atoms with Crippen molar-refractivity contribution in [3.63, 3.8) is 0 Å². The minimum Gasteiger partial charge on any atom is -0.384 e. The number of hydrogen-bond donors (Lipinski definition) is 1. The van der Waals surface area contributed by atoms with Crippen LogP contribution in [0.15, 0.2) is 18.2 Å². The van der Waals surface area contributed by atoms with E-state index in [1.165, 1.54) is 12.1 Å². The predicted molar refractivity (Wildman–Crippen MR) is 87.3 cm³/mol. The van der Waals surface area contributed by atoms with Gasteiger partial charge in [-0.3, -0.25) is 0 Å². The van der Waals surface area contributed by atoms with Gasteiger partial charge in [-0.2, -0.15) is 5.26 Å². The molecule has 0 saturated carbocycles. The summed E-state index contributed by atoms with van der Waals surface area (Å²) in [4.78, 5) is 4.96. The highest BCUT2D eigenvalue weighted by atomic mass is 19.1. The molecule has 1 aromatic carbocycles. The third-order valence-electron chi connectivity index (χ3n) is 4.23. The van der Waals surface area contributed by atoms with E-state index < -0.39 is 0 Å². The molecular formula is C17H25FN4. The molecule has 4 nitrogen and oxygen atoms in total. The molecule has 0 amide bonds. The van der Waals surface area contributed by atoms with Crippen LogP contribution in [0.25, 0.3) is 0 Å². The molecule has 1 fully saturated rings. The summed E-state index contributed by atoms with van der Waals surface area (Å²) in [5.74, 6) is 0.105. The summed E-state index contributed by atoms with van der Waals surface area (Å²) in [6.07, 6.45) is 0. The first kappa shape index (κ1) is 16.7. The fourth-order valence-electron chi connectivity index (χ4n) is 2.84. The van der Waals surface area contributed by atoms with Crippen LogP contribution >= 0.6 is 0 Å². The van der Waals surface area contributed by atoms with Crippen LogP contribution in [0.2, 0.25) is 0 Å². The monoisotopic (exact) mass is 304 g/mol. The fourth-order valence-corrected chi connectivity index (χ4v) is 2.84. The van der Waals surface area contributed by atoms with Gasteiger partial charge in [-0.05, 0) is 30.7 Å². The number of likely N-dealkylation sites (N-methyl/N-ethyl adjacent to an activating group) is 1. The van der Waals surface area contributed by atoms with Crippen molar-refractivity contribution in [3.05, 3.63) is 29.6 Å². The molecular weight excluding hydrogens is 279 g/mol. The molecule has 120 valence electrons. The standard InChI is InChI=1S/C17H25FN4/c1-3-21-6-8-22(9-7-21)13-14(2)12-20-17-5-4-16(18)10-15(17)11-19/h4-5,10,14,20H,3,6-9,12-13H2,1-2H3/t14-/m0/s1. The lowest BCUT2D eigenvalue weighted by molar-refractivity contribution is 0.126. The van der Waals surface area contributed by atoms with Gasteiger partial charge in [-0.15, -0.1) is 0 Å². The van der Waals surface area contributed by atoms with E-state index in [4.69, 9.17) is 5.26 Å². The van der Waals surface area contributed by atoms with E-state index in [-0.39, 0.29) is 5.82 Å². The van der Waals surface area contributed by atoms with Crippen molar-refractivity contribution in [1.29, 1.82) is 5.26 Å². The molecule has 0 radical (unpaired) electrons. The van der Waals surface area contributed by atoms with Gasteiger partial charge >= 0.3 is 0 Å². The topological polar surface area (TPSA) is 42.3 Å². The lowest BCUT2D eigenvalue weighted by Crippen LogP contribution is -2.47. The molecule has 1 heterocycles. The minimum absolute atomic E-state index is 0.365. The van der Waals surface area contributed by atoms with E-state index in [0.29, 0.717) is 17.2 Å². The first-order valence-corrected chi connectivity index (χ1v) is 8.00. The minimum atomic E-state index is -0.371. The van der Waals surface area contributed by atoms with Gasteiger partial charge in [0, 0.05) is 39.3 Å². The number of nitrogens with zero attached hydrogens (tertiary/aromatic N) is 3. The zero-order chi connectivity index (χ0) is 15.9. The van der Waals surface area contributed by atoms with Crippen LogP contribution in [-0.4, -0.2) is 55.6 Å². The van der Waals surface area contributed by atoms with Gasteiger partial charge in [0.2, 0.25) is 0 Å². The van der Waals surface area contributed by atoms with Crippen molar-refractivity contribution in [2.24, 2.45) is 5.92 Å². The zero-order valence-corrected chi connectivity index (χ0v) is 13.5. The van der Waals surface area contributed by atoms with Gasteiger partial charge in [0.15, 0.2) is 0 Å². The molecule has 0 aromatic heterocycles. The van der Waals surface area contributed by atoms with Crippen LogP contribution in [0, 0.1) is 23.1 Å². The third kappa shape index (κ3) is 4.69. The Labute approximate surface area is 132 Å². The Hall–Kier alpha value is -1.64. The Bertz CT molecular complexity index is 518. The number of anilines is 1. The molecule has 0 unspecified atom stereocenters. The Morgan fingerprint density at radius 3 is 2.59 bits per heavy atom. The quantitative estimate of drug-likeness (QED) is 0.876. The van der Waals surface area contributed by atoms with Gasteiger partial charge in [0.05, 0.1) is 11.3 Å². The van der Waals surface area contributed by atoms with Crippen molar-refractivity contribution < 1.29 is 4.39 Å². The molecule has 1 aliphatic heterocycles. The second-order valence-corrected chi connectivity index (χ2v) is 6.02. The van der Waals surface area contributed by atoms with Gasteiger partial charge in [-0.1, -0.05) is 13.8 Å². The number of halogens is 1. The van der Waals surface area contributed by atoms with E-state index in [1.807, 2.05) is 6.07 Å². The largest absolute Gasteiger partial charge is 0.384 e. The Balaban J connectivity index is 1.79. The smallest absolute Gasteiger partial charge is 0.124 e. The maximum Gasteiger partial charge on any atom is 0.124 e. The summed E-state index contributed by atoms with van der Waals surface area (Å²) in [6, 6.07) is 6.34. The number of hydrogen-bond acceptors (Lipinski definition) is 4. The number of piperazine rings is 1. The highest BCUT2D eigenvalue weighted by Crippen LogP contribution is 2.16. The molecule has 22 heavy (non-hydrogen) atoms. The average Bonchev–Trinajstić information content (AvgIpc) is 2.54. The van der Waals surface area contributed by atoms with Crippen molar-refractivity contribution in [2.75, 3.05) is 51.1 Å². The maximum atomic E-state index is 13.1. The summed E-state index contributed by atoms with van der Waals surface area (Å²) in [5.41, 5.74) is 1.08. The van der Waals surface area contributed by atoms with E-state index in [1.54, 1.807) is 6.07 Å². The number of nitrogens with one attached hydrogen (secondary N) is 1. The summed E-state index contributed by atoms with van der Waals surface area (Å²) >= 11 is 0. The molecule has 5 heteroatoms. The molecule has 1 aliphatic rings. The van der Waals surface area contributed by atoms with Gasteiger partial charge in [0.1, 0.15) is 11.9 Å². The van der Waals surface area contributed by atoms with Gasteiger partial charge in [0.25, 0.3) is 0 Å². The van der Waals surface area contributed by atoms with Gasteiger partial charge in [-0.25, -0.2) is 4.39 Å². The van der Waals surface area contributed by atoms with Crippen LogP contribution in [-0.2, 0) is 0 Å². The second kappa shape index (κ2) is 8.11. The molecule has 0 bridgehead atoms. The maximum absolute atomic E-state index is 13.1. The van der Waals surface area contributed by atoms with E-state index in [2.05, 4.69) is 29.0 Å². The SMILES string of the molecule is CCN1CCN(C[C@@H](C)CNc2ccc(F)cc2C#N)CC1. The Morgan fingerprint density at radius 1 is 1.27 bits per heavy atom. The van der Waals surface area contributed by atoms with Crippen LogP contribution in [0.3, 0.4) is 0 Å². The van der Waals surface area contributed by atoms with Gasteiger partial charge < -0.3 is 15.1 Å². The van der Waals surface area contributed by atoms with Crippen LogP contribution < -0.4 is 5.32 Å². The Kier molecular flexibility index (Phi) is 6.17. The molecule has 1 N–H and O–H groups in total. The highest BCUT2D eigenvalue weighted by Gasteiger charge is 2.17. The lowest BCUT2D eigenvalue weighted by atomic mass is 10.1. The number of nitriles is 1. The molecule has 0 spiro atoms. The molecule has 1 aromatic rings. The summed E-state index contributed by atoms with van der Waals surface area (Å²) < 4.78 is 13.1. The van der Waals surface area contributed by atoms with Crippen molar-refractivity contribution >= 4 is 5.69 Å². The van der Waals surface area contributed by atoms with E-state index in [0.717, 1.165) is 45.8 Å². The molecule has 1 saturated heterocycles. The Morgan fingerprint density at radius 2 is 1.95 bits per heavy atom. The summed E-state index contributed by atoms with van der Waals surface area (Å²) in [6.45, 7) is 11.9. The van der Waals surface area contributed by atoms with Crippen molar-refractivity contribution in [1.82, 2.24) is 9.80 Å². The average molecular weight is 304 g/mol. The lowest BCUT2D eigenvalue weighted by Gasteiger charge is -2.35. The summed E-state index contributed by atoms with van der Waals surface area (Å²) in [5, 5.41) is 12.3. The fraction of sp³-hybridized carbons (Fsp3) is 0.588. The second-order valence-electron chi connectivity index (χ2n) is 6.02. The number of rotatable bonds is 6. The summed E-state index contributed by atoms with van der Waals surface area (Å²) in [7, 11) is 0. The van der Waals surface area contributed by atoms with E-state index >= 15 is 0 Å².